The Morgan fingerprint density at radius 2 is 2.05 bits per heavy atom. The smallest absolute Gasteiger partial charge is 0.287 e. The van der Waals surface area contributed by atoms with Crippen LogP contribution in [0.2, 0.25) is 0 Å². The minimum Gasteiger partial charge on any atom is -0.490 e. The summed E-state index contributed by atoms with van der Waals surface area (Å²) < 4.78 is 6.59. The Hall–Kier alpha value is -1.13. The van der Waals surface area contributed by atoms with E-state index in [4.69, 9.17) is 4.74 Å². The van der Waals surface area contributed by atoms with E-state index in [9.17, 15) is 4.79 Å². The first kappa shape index (κ1) is 12.4. The molecule has 2 unspecified atom stereocenters. The first-order valence-corrected chi connectivity index (χ1v) is 9.33. The van der Waals surface area contributed by atoms with Crippen LogP contribution in [0, 0.1) is 11.8 Å². The molecule has 0 spiro atoms. The zero-order valence-corrected chi connectivity index (χ0v) is 13.2. The second kappa shape index (κ2) is 4.43. The summed E-state index contributed by atoms with van der Waals surface area (Å²) in [5.74, 6) is 2.72. The van der Waals surface area contributed by atoms with Crippen molar-refractivity contribution in [3.8, 4) is 5.75 Å². The number of rotatable bonds is 0. The van der Waals surface area contributed by atoms with Gasteiger partial charge < -0.3 is 4.74 Å². The zero-order valence-electron chi connectivity index (χ0n) is 11.6. The lowest BCUT2D eigenvalue weighted by Crippen LogP contribution is -2.46. The van der Waals surface area contributed by atoms with Gasteiger partial charge in [0, 0.05) is 27.2 Å². The highest BCUT2D eigenvalue weighted by atomic mass is 32.2. The molecule has 3 aliphatic rings. The molecule has 5 rings (SSSR count). The SMILES string of the molecule is O=c1sc2c(s1)C1c3ccccc3OC3CCC[C@H](C2)[C@@H]31. The van der Waals surface area contributed by atoms with Gasteiger partial charge >= 0.3 is 0 Å². The van der Waals surface area contributed by atoms with E-state index >= 15 is 0 Å². The molecule has 0 radical (unpaired) electrons. The molecule has 1 fully saturated rings. The van der Waals surface area contributed by atoms with Gasteiger partial charge in [-0.3, -0.25) is 4.79 Å². The predicted molar refractivity (Wildman–Crippen MR) is 85.7 cm³/mol. The molecule has 4 atom stereocenters. The van der Waals surface area contributed by atoms with Crippen molar-refractivity contribution in [3.63, 3.8) is 0 Å². The van der Waals surface area contributed by atoms with Gasteiger partial charge in [-0.15, -0.1) is 0 Å². The molecular formula is C17H16O2S2. The fraction of sp³-hybridized carbons (Fsp3) is 0.471. The predicted octanol–water partition coefficient (Wildman–Crippen LogP) is 4.04. The van der Waals surface area contributed by atoms with Crippen molar-refractivity contribution >= 4 is 22.7 Å². The highest BCUT2D eigenvalue weighted by Crippen LogP contribution is 2.56. The summed E-state index contributed by atoms with van der Waals surface area (Å²) in [7, 11) is 0. The van der Waals surface area contributed by atoms with Crippen molar-refractivity contribution in [2.45, 2.75) is 37.7 Å². The molecule has 0 amide bonds. The second-order valence-corrected chi connectivity index (χ2v) is 8.73. The number of hydrogen-bond acceptors (Lipinski definition) is 4. The average molecular weight is 316 g/mol. The highest BCUT2D eigenvalue weighted by molar-refractivity contribution is 7.27. The molecule has 0 bridgehead atoms. The van der Waals surface area contributed by atoms with Gasteiger partial charge in [-0.05, 0) is 37.7 Å². The van der Waals surface area contributed by atoms with Gasteiger partial charge in [-0.1, -0.05) is 40.9 Å². The minimum absolute atomic E-state index is 0.263. The van der Waals surface area contributed by atoms with Gasteiger partial charge in [0.15, 0.2) is 0 Å². The molecule has 108 valence electrons. The van der Waals surface area contributed by atoms with Gasteiger partial charge in [0.1, 0.15) is 11.9 Å². The number of ether oxygens (including phenoxy) is 1. The van der Waals surface area contributed by atoms with Gasteiger partial charge in [0.25, 0.3) is 4.06 Å². The lowest BCUT2D eigenvalue weighted by Gasteiger charge is -2.48. The molecule has 1 aromatic heterocycles. The van der Waals surface area contributed by atoms with Crippen LogP contribution in [0.5, 0.6) is 5.75 Å². The van der Waals surface area contributed by atoms with Crippen molar-refractivity contribution in [1.82, 2.24) is 0 Å². The van der Waals surface area contributed by atoms with Gasteiger partial charge in [0.05, 0.1) is 0 Å². The molecular weight excluding hydrogens is 300 g/mol. The number of hydrogen-bond donors (Lipinski definition) is 0. The van der Waals surface area contributed by atoms with Crippen LogP contribution in [0.3, 0.4) is 0 Å². The zero-order chi connectivity index (χ0) is 14.0. The Kier molecular flexibility index (Phi) is 2.62. The Morgan fingerprint density at radius 3 is 3.00 bits per heavy atom. The molecule has 1 aliphatic heterocycles. The standard InChI is InChI=1S/C17H16O2S2/c18-17-20-13-8-9-4-3-7-12-14(9)15(16(13)21-17)10-5-1-2-6-11(10)19-12/h1-2,5-6,9,12,14-15H,3-4,7-8H2/t9-,12?,14+,15?/m1/s1. The van der Waals surface area contributed by atoms with Crippen LogP contribution in [0.4, 0.5) is 0 Å². The molecule has 4 heteroatoms. The van der Waals surface area contributed by atoms with Crippen molar-refractivity contribution in [1.29, 1.82) is 0 Å². The summed E-state index contributed by atoms with van der Waals surface area (Å²) >= 11 is 2.97. The molecule has 2 heterocycles. The van der Waals surface area contributed by atoms with Crippen LogP contribution >= 0.6 is 22.7 Å². The minimum atomic E-state index is 0.263. The second-order valence-electron chi connectivity index (χ2n) is 6.39. The average Bonchev–Trinajstić information content (AvgIpc) is 2.87. The molecule has 1 saturated carbocycles. The van der Waals surface area contributed by atoms with Crippen molar-refractivity contribution < 1.29 is 4.74 Å². The lowest BCUT2D eigenvalue weighted by molar-refractivity contribution is 0.0207. The number of para-hydroxylation sites is 1. The fourth-order valence-electron chi connectivity index (χ4n) is 4.60. The normalized spacial score (nSPS) is 32.6. The van der Waals surface area contributed by atoms with E-state index in [-0.39, 0.29) is 4.06 Å². The molecule has 2 nitrogen and oxygen atoms in total. The van der Waals surface area contributed by atoms with Crippen LogP contribution < -0.4 is 8.79 Å². The Bertz CT molecular complexity index is 760. The van der Waals surface area contributed by atoms with Crippen LogP contribution in [-0.2, 0) is 6.42 Å². The van der Waals surface area contributed by atoms with Gasteiger partial charge in [0.2, 0.25) is 0 Å². The maximum Gasteiger partial charge on any atom is 0.287 e. The van der Waals surface area contributed by atoms with E-state index < -0.39 is 0 Å². The maximum atomic E-state index is 11.9. The number of fused-ring (bicyclic) bond motifs is 4. The third-order valence-corrected chi connectivity index (χ3v) is 7.67. The van der Waals surface area contributed by atoms with E-state index in [1.54, 1.807) is 0 Å². The highest BCUT2D eigenvalue weighted by Gasteiger charge is 2.49. The van der Waals surface area contributed by atoms with Crippen LogP contribution in [-0.4, -0.2) is 6.10 Å². The maximum absolute atomic E-state index is 11.9. The van der Waals surface area contributed by atoms with Gasteiger partial charge in [-0.2, -0.15) is 0 Å². The van der Waals surface area contributed by atoms with E-state index in [1.165, 1.54) is 57.3 Å². The third kappa shape index (κ3) is 1.72. The first-order chi connectivity index (χ1) is 10.3. The van der Waals surface area contributed by atoms with Crippen LogP contribution in [0.1, 0.15) is 40.5 Å². The molecule has 0 N–H and O–H groups in total. The van der Waals surface area contributed by atoms with Crippen molar-refractivity contribution in [2.75, 3.05) is 0 Å². The first-order valence-electron chi connectivity index (χ1n) is 7.69. The summed E-state index contributed by atoms with van der Waals surface area (Å²) in [6, 6.07) is 8.45. The van der Waals surface area contributed by atoms with Crippen molar-refractivity contribution in [2.24, 2.45) is 11.8 Å². The molecule has 1 aromatic carbocycles. The van der Waals surface area contributed by atoms with E-state index in [2.05, 4.69) is 24.3 Å². The Balaban J connectivity index is 1.77. The molecule has 2 aliphatic carbocycles. The van der Waals surface area contributed by atoms with Crippen LogP contribution in [0.25, 0.3) is 0 Å². The van der Waals surface area contributed by atoms with E-state index in [1.807, 2.05) is 0 Å². The lowest BCUT2D eigenvalue weighted by atomic mass is 9.63. The van der Waals surface area contributed by atoms with E-state index in [0.717, 1.165) is 12.2 Å². The number of benzene rings is 1. The third-order valence-electron chi connectivity index (χ3n) is 5.36. The van der Waals surface area contributed by atoms with Crippen LogP contribution in [0.15, 0.2) is 29.1 Å². The molecule has 2 aromatic rings. The summed E-state index contributed by atoms with van der Waals surface area (Å²) in [5.41, 5.74) is 1.31. The molecule has 21 heavy (non-hydrogen) atoms. The molecule has 0 saturated heterocycles. The summed E-state index contributed by atoms with van der Waals surface area (Å²) in [4.78, 5) is 14.6. The Morgan fingerprint density at radius 1 is 1.14 bits per heavy atom. The monoisotopic (exact) mass is 316 g/mol. The Labute approximate surface area is 131 Å². The van der Waals surface area contributed by atoms with E-state index in [0.29, 0.717) is 23.9 Å². The largest absolute Gasteiger partial charge is 0.490 e. The topological polar surface area (TPSA) is 26.3 Å². The van der Waals surface area contributed by atoms with Crippen molar-refractivity contribution in [3.05, 3.63) is 48.4 Å². The fourth-order valence-corrected chi connectivity index (χ4v) is 7.10. The summed E-state index contributed by atoms with van der Waals surface area (Å²) in [5, 5.41) is 0. The summed E-state index contributed by atoms with van der Waals surface area (Å²) in [6.45, 7) is 0. The quantitative estimate of drug-likeness (QED) is 0.733. The van der Waals surface area contributed by atoms with Gasteiger partial charge in [-0.25, -0.2) is 0 Å². The summed E-state index contributed by atoms with van der Waals surface area (Å²) in [6.07, 6.45) is 5.16.